The number of hydrogen-bond donors (Lipinski definition) is 3. The monoisotopic (exact) mass is 866 g/mol. The minimum atomic E-state index is -4.74. The van der Waals surface area contributed by atoms with Crippen LogP contribution in [0.15, 0.2) is 60.8 Å². The smallest absolute Gasteiger partial charge is 0.472 e. The molecule has 0 aliphatic heterocycles. The molecule has 0 rings (SSSR count). The Labute approximate surface area is 364 Å². The lowest BCUT2D eigenvalue weighted by atomic mass is 10.0. The highest BCUT2D eigenvalue weighted by molar-refractivity contribution is 7.47. The number of ether oxygens (including phenoxy) is 2. The van der Waals surface area contributed by atoms with Crippen molar-refractivity contribution in [3.63, 3.8) is 0 Å². The van der Waals surface area contributed by atoms with Crippen LogP contribution >= 0.6 is 7.82 Å². The SMILES string of the molecule is CC/C=C\C/C=C\C/C=C\C/C=C\CCC(=O)OC(COC(=O)CCCCCCCCCCCCC/C=C\CCCCCCCCCC)COP(=O)(O)OCC(N)C(=O)O. The molecule has 4 N–H and O–H groups in total. The summed E-state index contributed by atoms with van der Waals surface area (Å²) in [5.74, 6) is -2.48. The van der Waals surface area contributed by atoms with Gasteiger partial charge >= 0.3 is 25.7 Å². The molecule has 12 heteroatoms. The zero-order valence-electron chi connectivity index (χ0n) is 37.5. The van der Waals surface area contributed by atoms with Gasteiger partial charge in [0.1, 0.15) is 12.6 Å². The van der Waals surface area contributed by atoms with Gasteiger partial charge < -0.3 is 25.2 Å². The van der Waals surface area contributed by atoms with Crippen LogP contribution in [-0.4, -0.2) is 59.9 Å². The standard InChI is InChI=1S/C48H84NO10P/c1-3-5-7-9-11-13-15-17-18-19-20-21-22-23-24-25-26-28-29-31-33-35-37-39-46(50)56-41-44(42-57-60(54,55)58-43-45(49)48(52)53)59-47(51)40-38-36-34-32-30-27-16-14-12-10-8-6-4-2/h6,8,12,14,19-20,27,30,34,36,44-45H,3-5,7,9-11,13,15-18,21-26,28-29,31-33,35,37-43,49H2,1-2H3,(H,52,53)(H,54,55)/b8-6-,14-12-,20-19-,30-27-,36-34-. The summed E-state index contributed by atoms with van der Waals surface area (Å²) in [6, 6.07) is -1.53. The summed E-state index contributed by atoms with van der Waals surface area (Å²) in [6.07, 6.45) is 50.3. The third-order valence-corrected chi connectivity index (χ3v) is 10.7. The highest BCUT2D eigenvalue weighted by atomic mass is 31.2. The van der Waals surface area contributed by atoms with Crippen LogP contribution in [0.1, 0.15) is 194 Å². The van der Waals surface area contributed by atoms with Crippen LogP contribution < -0.4 is 5.73 Å². The number of carbonyl (C=O) groups excluding carboxylic acids is 2. The van der Waals surface area contributed by atoms with Crippen molar-refractivity contribution < 1.29 is 47.5 Å². The Bertz CT molecular complexity index is 1250. The second kappa shape index (κ2) is 42.9. The fourth-order valence-corrected chi connectivity index (χ4v) is 6.91. The Hall–Kier alpha value is -2.82. The van der Waals surface area contributed by atoms with Crippen molar-refractivity contribution >= 4 is 25.7 Å². The second-order valence-corrected chi connectivity index (χ2v) is 17.0. The summed E-state index contributed by atoms with van der Waals surface area (Å²) in [4.78, 5) is 45.9. The molecule has 0 saturated heterocycles. The summed E-state index contributed by atoms with van der Waals surface area (Å²) in [5, 5.41) is 8.89. The van der Waals surface area contributed by atoms with Crippen molar-refractivity contribution in [1.82, 2.24) is 0 Å². The van der Waals surface area contributed by atoms with E-state index < -0.39 is 51.1 Å². The topological polar surface area (TPSA) is 172 Å². The molecule has 0 aromatic heterocycles. The normalized spacial score (nSPS) is 14.2. The molecule has 0 radical (unpaired) electrons. The van der Waals surface area contributed by atoms with E-state index in [9.17, 15) is 23.8 Å². The number of phosphoric ester groups is 1. The number of aliphatic carboxylic acids is 1. The van der Waals surface area contributed by atoms with E-state index in [2.05, 4.69) is 60.9 Å². The molecule has 0 aromatic carbocycles. The van der Waals surface area contributed by atoms with Gasteiger partial charge in [0.05, 0.1) is 13.2 Å². The molecular formula is C48H84NO10P. The highest BCUT2D eigenvalue weighted by Gasteiger charge is 2.28. The Morgan fingerprint density at radius 3 is 1.47 bits per heavy atom. The quantitative estimate of drug-likeness (QED) is 0.0230. The first-order chi connectivity index (χ1) is 29.1. The zero-order valence-corrected chi connectivity index (χ0v) is 38.4. The molecule has 0 amide bonds. The lowest BCUT2D eigenvalue weighted by Crippen LogP contribution is -2.34. The second-order valence-electron chi connectivity index (χ2n) is 15.5. The van der Waals surface area contributed by atoms with E-state index in [4.69, 9.17) is 24.8 Å². The van der Waals surface area contributed by atoms with Crippen molar-refractivity contribution in [2.45, 2.75) is 206 Å². The molecule has 0 saturated carbocycles. The third kappa shape index (κ3) is 41.9. The number of nitrogens with two attached hydrogens (primary N) is 1. The van der Waals surface area contributed by atoms with Gasteiger partial charge in [-0.1, -0.05) is 177 Å². The Morgan fingerprint density at radius 2 is 0.967 bits per heavy atom. The number of esters is 2. The van der Waals surface area contributed by atoms with Gasteiger partial charge in [-0.25, -0.2) is 4.57 Å². The lowest BCUT2D eigenvalue weighted by molar-refractivity contribution is -0.161. The molecule has 60 heavy (non-hydrogen) atoms. The lowest BCUT2D eigenvalue weighted by Gasteiger charge is -2.20. The van der Waals surface area contributed by atoms with Gasteiger partial charge in [-0.15, -0.1) is 0 Å². The van der Waals surface area contributed by atoms with E-state index in [1.807, 2.05) is 18.2 Å². The number of allylic oxidation sites excluding steroid dienone is 10. The van der Waals surface area contributed by atoms with Gasteiger partial charge in [-0.05, 0) is 64.2 Å². The molecule has 0 bridgehead atoms. The number of unbranched alkanes of at least 4 members (excludes halogenated alkanes) is 19. The number of carbonyl (C=O) groups is 3. The number of rotatable bonds is 43. The first-order valence-corrected chi connectivity index (χ1v) is 24.8. The van der Waals surface area contributed by atoms with Crippen molar-refractivity contribution in [3.05, 3.63) is 60.8 Å². The number of carboxylic acids is 1. The van der Waals surface area contributed by atoms with Gasteiger partial charge in [0.15, 0.2) is 6.10 Å². The van der Waals surface area contributed by atoms with Crippen LogP contribution in [0, 0.1) is 0 Å². The predicted molar refractivity (Wildman–Crippen MR) is 245 cm³/mol. The Kier molecular flexibility index (Phi) is 40.8. The molecule has 0 spiro atoms. The number of phosphoric acid groups is 1. The van der Waals surface area contributed by atoms with Gasteiger partial charge in [0.25, 0.3) is 0 Å². The Morgan fingerprint density at radius 1 is 0.533 bits per heavy atom. The van der Waals surface area contributed by atoms with Crippen LogP contribution in [0.3, 0.4) is 0 Å². The molecule has 0 heterocycles. The maximum Gasteiger partial charge on any atom is 0.472 e. The van der Waals surface area contributed by atoms with E-state index in [-0.39, 0.29) is 19.4 Å². The average molecular weight is 866 g/mol. The molecule has 3 unspecified atom stereocenters. The van der Waals surface area contributed by atoms with E-state index >= 15 is 0 Å². The molecular weight excluding hydrogens is 781 g/mol. The predicted octanol–water partition coefficient (Wildman–Crippen LogP) is 12.7. The van der Waals surface area contributed by atoms with E-state index in [1.54, 1.807) is 0 Å². The Balaban J connectivity index is 4.28. The number of hydrogen-bond acceptors (Lipinski definition) is 9. The fourth-order valence-electron chi connectivity index (χ4n) is 6.13. The molecule has 0 aliphatic rings. The van der Waals surface area contributed by atoms with E-state index in [1.165, 1.54) is 109 Å². The maximum atomic E-state index is 12.6. The van der Waals surface area contributed by atoms with Crippen LogP contribution in [-0.2, 0) is 37.5 Å². The average Bonchev–Trinajstić information content (AvgIpc) is 3.22. The molecule has 11 nitrogen and oxygen atoms in total. The van der Waals surface area contributed by atoms with Gasteiger partial charge in [0.2, 0.25) is 0 Å². The first-order valence-electron chi connectivity index (χ1n) is 23.3. The maximum absolute atomic E-state index is 12.6. The van der Waals surface area contributed by atoms with Gasteiger partial charge in [-0.2, -0.15) is 0 Å². The van der Waals surface area contributed by atoms with Gasteiger partial charge in [0, 0.05) is 12.8 Å². The van der Waals surface area contributed by atoms with Crippen molar-refractivity contribution in [1.29, 1.82) is 0 Å². The van der Waals surface area contributed by atoms with Crippen LogP contribution in [0.4, 0.5) is 0 Å². The summed E-state index contributed by atoms with van der Waals surface area (Å²) in [6.45, 7) is 2.62. The molecule has 0 aliphatic carbocycles. The molecule has 0 fully saturated rings. The molecule has 346 valence electrons. The van der Waals surface area contributed by atoms with Crippen LogP contribution in [0.2, 0.25) is 0 Å². The van der Waals surface area contributed by atoms with Crippen molar-refractivity contribution in [3.8, 4) is 0 Å². The van der Waals surface area contributed by atoms with Crippen LogP contribution in [0.5, 0.6) is 0 Å². The van der Waals surface area contributed by atoms with Crippen molar-refractivity contribution in [2.75, 3.05) is 19.8 Å². The molecule has 3 atom stereocenters. The van der Waals surface area contributed by atoms with Crippen LogP contribution in [0.25, 0.3) is 0 Å². The summed E-state index contributed by atoms with van der Waals surface area (Å²) in [7, 11) is -4.74. The fraction of sp³-hybridized carbons (Fsp3) is 0.729. The van der Waals surface area contributed by atoms with Crippen molar-refractivity contribution in [2.24, 2.45) is 5.73 Å². The van der Waals surface area contributed by atoms with Gasteiger partial charge in [-0.3, -0.25) is 23.4 Å². The van der Waals surface area contributed by atoms with E-state index in [0.717, 1.165) is 44.9 Å². The number of carboxylic acid groups (broad SMARTS) is 1. The zero-order chi connectivity index (χ0) is 44.2. The summed E-state index contributed by atoms with van der Waals surface area (Å²) in [5.41, 5.74) is 5.33. The minimum absolute atomic E-state index is 0.0384. The largest absolute Gasteiger partial charge is 0.480 e. The summed E-state index contributed by atoms with van der Waals surface area (Å²) >= 11 is 0. The van der Waals surface area contributed by atoms with E-state index in [0.29, 0.717) is 12.8 Å². The third-order valence-electron chi connectivity index (χ3n) is 9.76. The summed E-state index contributed by atoms with van der Waals surface area (Å²) < 4.78 is 32.6. The highest BCUT2D eigenvalue weighted by Crippen LogP contribution is 2.43. The molecule has 0 aromatic rings. The minimum Gasteiger partial charge on any atom is -0.480 e. The first kappa shape index (κ1) is 57.2.